The van der Waals surface area contributed by atoms with Gasteiger partial charge in [0.1, 0.15) is 5.60 Å². The van der Waals surface area contributed by atoms with Crippen LogP contribution in [0.3, 0.4) is 0 Å². The van der Waals surface area contributed by atoms with Crippen LogP contribution < -0.4 is 11.2 Å². The molecule has 0 saturated heterocycles. The van der Waals surface area contributed by atoms with E-state index in [1.54, 1.807) is 20.8 Å². The van der Waals surface area contributed by atoms with Gasteiger partial charge in [0.15, 0.2) is 0 Å². The summed E-state index contributed by atoms with van der Waals surface area (Å²) in [6, 6.07) is 1.23. The predicted octanol–water partition coefficient (Wildman–Crippen LogP) is -0.234. The molecule has 8 nitrogen and oxygen atoms in total. The highest BCUT2D eigenvalue weighted by Crippen LogP contribution is 2.09. The van der Waals surface area contributed by atoms with Gasteiger partial charge in [0.25, 0.3) is 5.56 Å². The molecule has 0 unspecified atom stereocenters. The van der Waals surface area contributed by atoms with Crippen molar-refractivity contribution in [2.75, 3.05) is 19.7 Å². The number of rotatable bonds is 5. The van der Waals surface area contributed by atoms with Crippen molar-refractivity contribution in [1.29, 1.82) is 0 Å². The first kappa shape index (κ1) is 17.0. The Morgan fingerprint density at radius 1 is 1.38 bits per heavy atom. The van der Waals surface area contributed by atoms with Crippen molar-refractivity contribution < 1.29 is 14.6 Å². The quantitative estimate of drug-likeness (QED) is 0.781. The Hall–Kier alpha value is -2.09. The van der Waals surface area contributed by atoms with E-state index in [9.17, 15) is 14.4 Å². The average molecular weight is 299 g/mol. The number of aliphatic hydroxyl groups excluding tert-OH is 1. The van der Waals surface area contributed by atoms with Gasteiger partial charge in [-0.1, -0.05) is 0 Å². The number of nitrogens with one attached hydrogen (secondary N) is 1. The van der Waals surface area contributed by atoms with Crippen LogP contribution in [0, 0.1) is 0 Å². The number of carbonyl (C=O) groups is 1. The van der Waals surface area contributed by atoms with E-state index in [0.717, 1.165) is 0 Å². The van der Waals surface area contributed by atoms with Crippen LogP contribution in [-0.4, -0.2) is 50.9 Å². The van der Waals surface area contributed by atoms with Crippen molar-refractivity contribution in [2.24, 2.45) is 0 Å². The van der Waals surface area contributed by atoms with Gasteiger partial charge in [0, 0.05) is 31.9 Å². The van der Waals surface area contributed by atoms with Crippen molar-refractivity contribution in [1.82, 2.24) is 14.5 Å². The molecular weight excluding hydrogens is 278 g/mol. The average Bonchev–Trinajstić information content (AvgIpc) is 2.34. The van der Waals surface area contributed by atoms with Crippen LogP contribution in [0.4, 0.5) is 4.79 Å². The first-order valence-corrected chi connectivity index (χ1v) is 6.61. The molecule has 21 heavy (non-hydrogen) atoms. The summed E-state index contributed by atoms with van der Waals surface area (Å²) in [7, 11) is 0. The molecule has 1 aromatic heterocycles. The minimum absolute atomic E-state index is 0.104. The Bertz CT molecular complexity index is 584. The fraction of sp³-hybridized carbons (Fsp3) is 0.615. The lowest BCUT2D eigenvalue weighted by molar-refractivity contribution is 0.0212. The Morgan fingerprint density at radius 3 is 2.57 bits per heavy atom. The molecule has 0 spiro atoms. The summed E-state index contributed by atoms with van der Waals surface area (Å²) in [6.07, 6.45) is 0.793. The molecule has 0 radical (unpaired) electrons. The smallest absolute Gasteiger partial charge is 0.410 e. The van der Waals surface area contributed by atoms with E-state index >= 15 is 0 Å². The maximum atomic E-state index is 12.0. The number of aliphatic hydroxyl groups is 1. The van der Waals surface area contributed by atoms with Gasteiger partial charge in [0.05, 0.1) is 6.61 Å². The maximum Gasteiger partial charge on any atom is 0.410 e. The third-order valence-electron chi connectivity index (χ3n) is 2.53. The summed E-state index contributed by atoms with van der Waals surface area (Å²) >= 11 is 0. The van der Waals surface area contributed by atoms with Crippen LogP contribution in [0.25, 0.3) is 0 Å². The van der Waals surface area contributed by atoms with Crippen molar-refractivity contribution in [3.63, 3.8) is 0 Å². The highest BCUT2D eigenvalue weighted by molar-refractivity contribution is 5.68. The molecular formula is C13H21N3O5. The molecule has 0 bridgehead atoms. The lowest BCUT2D eigenvalue weighted by atomic mass is 10.2. The molecule has 1 amide bonds. The number of amides is 1. The Morgan fingerprint density at radius 2 is 2.05 bits per heavy atom. The number of hydrogen-bond donors (Lipinski definition) is 2. The number of carbonyl (C=O) groups excluding carboxylic acids is 1. The second kappa shape index (κ2) is 7.07. The van der Waals surface area contributed by atoms with Crippen molar-refractivity contribution in [3.05, 3.63) is 33.1 Å². The van der Waals surface area contributed by atoms with E-state index in [1.807, 2.05) is 0 Å². The normalized spacial score (nSPS) is 11.2. The standard InChI is InChI=1S/C13H21N3O5/c1-13(2,3)21-12(20)16(8-9-17)7-6-15-5-4-10(18)14-11(15)19/h4-5,17H,6-9H2,1-3H3,(H,14,18,19). The number of hydrogen-bond acceptors (Lipinski definition) is 5. The van der Waals surface area contributed by atoms with E-state index in [1.165, 1.54) is 21.7 Å². The zero-order chi connectivity index (χ0) is 16.0. The number of H-pyrrole nitrogens is 1. The number of aromatic amines is 1. The van der Waals surface area contributed by atoms with Gasteiger partial charge in [-0.2, -0.15) is 0 Å². The highest BCUT2D eigenvalue weighted by atomic mass is 16.6. The van der Waals surface area contributed by atoms with Crippen LogP contribution in [0.2, 0.25) is 0 Å². The Kier molecular flexibility index (Phi) is 5.71. The molecule has 0 saturated carbocycles. The molecule has 8 heteroatoms. The lowest BCUT2D eigenvalue weighted by Crippen LogP contribution is -2.41. The van der Waals surface area contributed by atoms with Gasteiger partial charge >= 0.3 is 11.8 Å². The largest absolute Gasteiger partial charge is 0.444 e. The van der Waals surface area contributed by atoms with Crippen LogP contribution in [0.15, 0.2) is 21.9 Å². The summed E-state index contributed by atoms with van der Waals surface area (Å²) in [6.45, 7) is 5.50. The van der Waals surface area contributed by atoms with E-state index < -0.39 is 22.9 Å². The number of aromatic nitrogens is 2. The van der Waals surface area contributed by atoms with Gasteiger partial charge in [-0.25, -0.2) is 9.59 Å². The molecule has 0 aliphatic heterocycles. The van der Waals surface area contributed by atoms with Crippen LogP contribution in [0.1, 0.15) is 20.8 Å². The Labute approximate surface area is 122 Å². The monoisotopic (exact) mass is 299 g/mol. The molecule has 2 N–H and O–H groups in total. The van der Waals surface area contributed by atoms with Gasteiger partial charge in [-0.3, -0.25) is 14.3 Å². The fourth-order valence-corrected chi connectivity index (χ4v) is 1.59. The molecule has 0 atom stereocenters. The summed E-state index contributed by atoms with van der Waals surface area (Å²) in [5.74, 6) is 0. The summed E-state index contributed by atoms with van der Waals surface area (Å²) in [4.78, 5) is 37.9. The van der Waals surface area contributed by atoms with Gasteiger partial charge in [-0.15, -0.1) is 0 Å². The molecule has 0 aromatic carbocycles. The molecule has 0 fully saturated rings. The summed E-state index contributed by atoms with van der Waals surface area (Å²) in [5, 5.41) is 9.01. The maximum absolute atomic E-state index is 12.0. The van der Waals surface area contributed by atoms with Gasteiger partial charge < -0.3 is 14.7 Å². The van der Waals surface area contributed by atoms with E-state index in [0.29, 0.717) is 0 Å². The highest BCUT2D eigenvalue weighted by Gasteiger charge is 2.21. The number of ether oxygens (including phenoxy) is 1. The molecule has 0 aliphatic carbocycles. The third kappa shape index (κ3) is 5.82. The van der Waals surface area contributed by atoms with Crippen molar-refractivity contribution in [3.8, 4) is 0 Å². The zero-order valence-electron chi connectivity index (χ0n) is 12.5. The molecule has 1 heterocycles. The van der Waals surface area contributed by atoms with Gasteiger partial charge in [0.2, 0.25) is 0 Å². The minimum Gasteiger partial charge on any atom is -0.444 e. The first-order chi connectivity index (χ1) is 9.73. The predicted molar refractivity (Wildman–Crippen MR) is 76.2 cm³/mol. The first-order valence-electron chi connectivity index (χ1n) is 6.61. The topological polar surface area (TPSA) is 105 Å². The van der Waals surface area contributed by atoms with Crippen molar-refractivity contribution in [2.45, 2.75) is 32.9 Å². The fourth-order valence-electron chi connectivity index (χ4n) is 1.59. The third-order valence-corrected chi connectivity index (χ3v) is 2.53. The summed E-state index contributed by atoms with van der Waals surface area (Å²) < 4.78 is 6.49. The molecule has 0 aliphatic rings. The Balaban J connectivity index is 2.72. The zero-order valence-corrected chi connectivity index (χ0v) is 12.5. The second-order valence-electron chi connectivity index (χ2n) is 5.49. The molecule has 118 valence electrons. The van der Waals surface area contributed by atoms with Crippen LogP contribution in [-0.2, 0) is 11.3 Å². The molecule has 1 aromatic rings. The second-order valence-corrected chi connectivity index (χ2v) is 5.49. The van der Waals surface area contributed by atoms with Crippen molar-refractivity contribution >= 4 is 6.09 Å². The van der Waals surface area contributed by atoms with Crippen LogP contribution >= 0.6 is 0 Å². The van der Waals surface area contributed by atoms with E-state index in [2.05, 4.69) is 4.98 Å². The molecule has 1 rings (SSSR count). The van der Waals surface area contributed by atoms with E-state index in [4.69, 9.17) is 9.84 Å². The van der Waals surface area contributed by atoms with Crippen LogP contribution in [0.5, 0.6) is 0 Å². The van der Waals surface area contributed by atoms with Gasteiger partial charge in [-0.05, 0) is 20.8 Å². The lowest BCUT2D eigenvalue weighted by Gasteiger charge is -2.27. The number of nitrogens with zero attached hydrogens (tertiary/aromatic N) is 2. The SMILES string of the molecule is CC(C)(C)OC(=O)N(CCO)CCn1ccc(=O)[nH]c1=O. The minimum atomic E-state index is -0.639. The summed E-state index contributed by atoms with van der Waals surface area (Å²) in [5.41, 5.74) is -1.66. The van der Waals surface area contributed by atoms with E-state index in [-0.39, 0.29) is 26.2 Å².